The number of aromatic nitrogens is 1. The molecule has 0 atom stereocenters. The van der Waals surface area contributed by atoms with Gasteiger partial charge in [0.1, 0.15) is 6.26 Å². The number of nitrogens with zero attached hydrogens (tertiary/aromatic N) is 2. The number of hydrogen-bond donors (Lipinski definition) is 2. The number of para-hydroxylation sites is 1. The van der Waals surface area contributed by atoms with Gasteiger partial charge in [-0.3, -0.25) is 4.79 Å². The fraction of sp³-hybridized carbons (Fsp3) is 0.389. The van der Waals surface area contributed by atoms with Crippen LogP contribution < -0.4 is 10.6 Å². The third-order valence-electron chi connectivity index (χ3n) is 3.59. The van der Waals surface area contributed by atoms with Crippen molar-refractivity contribution in [3.8, 4) is 0 Å². The van der Waals surface area contributed by atoms with Crippen molar-refractivity contribution >= 4 is 40.8 Å². The Bertz CT molecular complexity index is 800. The molecule has 1 aromatic carbocycles. The van der Waals surface area contributed by atoms with Crippen LogP contribution in [0, 0.1) is 0 Å². The molecule has 0 aliphatic heterocycles. The normalized spacial score (nSPS) is 11.0. The van der Waals surface area contributed by atoms with Gasteiger partial charge in [-0.15, -0.1) is 0 Å². The summed E-state index contributed by atoms with van der Waals surface area (Å²) < 4.78 is 5.35. The minimum absolute atomic E-state index is 0.0176. The minimum Gasteiger partial charge on any atom is -0.446 e. The van der Waals surface area contributed by atoms with Gasteiger partial charge in [0.2, 0.25) is 5.89 Å². The number of benzene rings is 1. The quantitative estimate of drug-likeness (QED) is 0.727. The van der Waals surface area contributed by atoms with Crippen LogP contribution in [-0.4, -0.2) is 33.9 Å². The first-order valence-corrected chi connectivity index (χ1v) is 9.21. The molecular formula is C18H22Cl2N4O3. The van der Waals surface area contributed by atoms with Gasteiger partial charge in [-0.2, -0.15) is 0 Å². The van der Waals surface area contributed by atoms with Crippen molar-refractivity contribution in [1.29, 1.82) is 0 Å². The third-order valence-corrected chi connectivity index (χ3v) is 4.22. The van der Waals surface area contributed by atoms with E-state index in [4.69, 9.17) is 27.6 Å². The lowest BCUT2D eigenvalue weighted by atomic mass is 10.3. The average Bonchev–Trinajstić information content (AvgIpc) is 3.04. The smallest absolute Gasteiger partial charge is 0.322 e. The van der Waals surface area contributed by atoms with Crippen LogP contribution in [0.1, 0.15) is 44.1 Å². The van der Waals surface area contributed by atoms with Crippen LogP contribution in [0.3, 0.4) is 0 Å². The second kappa shape index (κ2) is 9.10. The van der Waals surface area contributed by atoms with Crippen LogP contribution in [0.5, 0.6) is 0 Å². The summed E-state index contributed by atoms with van der Waals surface area (Å²) in [6.07, 6.45) is 1.27. The molecule has 0 saturated carbocycles. The minimum atomic E-state index is -0.411. The molecule has 2 N–H and O–H groups in total. The highest BCUT2D eigenvalue weighted by Gasteiger charge is 2.22. The fourth-order valence-corrected chi connectivity index (χ4v) is 2.75. The molecule has 0 aliphatic rings. The maximum absolute atomic E-state index is 12.7. The highest BCUT2D eigenvalue weighted by Crippen LogP contribution is 2.30. The molecule has 0 fully saturated rings. The summed E-state index contributed by atoms with van der Waals surface area (Å²) in [7, 11) is 0. The Hall–Kier alpha value is -2.25. The number of oxazole rings is 1. The zero-order chi connectivity index (χ0) is 20.1. The lowest BCUT2D eigenvalue weighted by Crippen LogP contribution is -2.39. The van der Waals surface area contributed by atoms with Crippen molar-refractivity contribution in [2.45, 2.75) is 46.3 Å². The first kappa shape index (κ1) is 21.1. The predicted molar refractivity (Wildman–Crippen MR) is 105 cm³/mol. The van der Waals surface area contributed by atoms with Gasteiger partial charge in [0.25, 0.3) is 5.91 Å². The topological polar surface area (TPSA) is 87.5 Å². The molecule has 0 spiro atoms. The number of carbonyl (C=O) groups excluding carboxylic acids is 2. The Kier molecular flexibility index (Phi) is 7.10. The Morgan fingerprint density at radius 3 is 2.37 bits per heavy atom. The van der Waals surface area contributed by atoms with Crippen molar-refractivity contribution in [1.82, 2.24) is 15.2 Å². The Balaban J connectivity index is 2.13. The standard InChI is InChI=1S/C18H22Cl2N4O3/c1-10(2)21-17(25)14-9-27-15(22-14)8-24(11(3)4)18(26)23-16-12(19)6-5-7-13(16)20/h5-7,9-11H,8H2,1-4H3,(H,21,25)(H,23,26). The molecule has 146 valence electrons. The molecule has 1 heterocycles. The number of halogens is 2. The van der Waals surface area contributed by atoms with Crippen molar-refractivity contribution in [2.75, 3.05) is 5.32 Å². The molecule has 0 radical (unpaired) electrons. The van der Waals surface area contributed by atoms with Gasteiger partial charge >= 0.3 is 6.03 Å². The maximum atomic E-state index is 12.7. The molecule has 9 heteroatoms. The monoisotopic (exact) mass is 412 g/mol. The van der Waals surface area contributed by atoms with Crippen LogP contribution in [0.25, 0.3) is 0 Å². The largest absolute Gasteiger partial charge is 0.446 e. The SMILES string of the molecule is CC(C)NC(=O)c1coc(CN(C(=O)Nc2c(Cl)cccc2Cl)C(C)C)n1. The van der Waals surface area contributed by atoms with E-state index >= 15 is 0 Å². The van der Waals surface area contributed by atoms with E-state index in [-0.39, 0.29) is 36.1 Å². The molecule has 0 bridgehead atoms. The number of anilines is 1. The number of hydrogen-bond acceptors (Lipinski definition) is 4. The molecule has 1 aromatic heterocycles. The van der Waals surface area contributed by atoms with Gasteiger partial charge in [-0.25, -0.2) is 9.78 Å². The van der Waals surface area contributed by atoms with Crippen LogP contribution in [0.2, 0.25) is 10.0 Å². The summed E-state index contributed by atoms with van der Waals surface area (Å²) in [6.45, 7) is 7.49. The lowest BCUT2D eigenvalue weighted by Gasteiger charge is -2.26. The molecule has 0 saturated heterocycles. The van der Waals surface area contributed by atoms with Crippen LogP contribution in [0.4, 0.5) is 10.5 Å². The van der Waals surface area contributed by atoms with Crippen LogP contribution in [-0.2, 0) is 6.54 Å². The molecular weight excluding hydrogens is 391 g/mol. The van der Waals surface area contributed by atoms with Crippen LogP contribution in [0.15, 0.2) is 28.9 Å². The second-order valence-corrected chi connectivity index (χ2v) is 7.32. The van der Waals surface area contributed by atoms with E-state index in [9.17, 15) is 9.59 Å². The van der Waals surface area contributed by atoms with Crippen molar-refractivity contribution < 1.29 is 14.0 Å². The number of amides is 3. The predicted octanol–water partition coefficient (Wildman–Crippen LogP) is 4.56. The van der Waals surface area contributed by atoms with E-state index in [1.54, 1.807) is 18.2 Å². The van der Waals surface area contributed by atoms with Crippen LogP contribution >= 0.6 is 23.2 Å². The molecule has 2 aromatic rings. The first-order chi connectivity index (χ1) is 12.7. The van der Waals surface area contributed by atoms with E-state index in [0.29, 0.717) is 15.7 Å². The molecule has 7 nitrogen and oxygen atoms in total. The van der Waals surface area contributed by atoms with E-state index in [1.807, 2.05) is 27.7 Å². The van der Waals surface area contributed by atoms with Crippen molar-refractivity contribution in [3.63, 3.8) is 0 Å². The summed E-state index contributed by atoms with van der Waals surface area (Å²) >= 11 is 12.2. The second-order valence-electron chi connectivity index (χ2n) is 6.50. The third kappa shape index (κ3) is 5.61. The number of rotatable bonds is 6. The molecule has 0 aliphatic carbocycles. The fourth-order valence-electron chi connectivity index (χ4n) is 2.25. The zero-order valence-electron chi connectivity index (χ0n) is 15.5. The molecule has 0 unspecified atom stereocenters. The van der Waals surface area contributed by atoms with Gasteiger partial charge in [0.05, 0.1) is 22.3 Å². The zero-order valence-corrected chi connectivity index (χ0v) is 17.1. The van der Waals surface area contributed by atoms with Gasteiger partial charge in [-0.05, 0) is 39.8 Å². The summed E-state index contributed by atoms with van der Waals surface area (Å²) in [6, 6.07) is 4.37. The highest BCUT2D eigenvalue weighted by molar-refractivity contribution is 6.39. The number of carbonyl (C=O) groups is 2. The summed E-state index contributed by atoms with van der Waals surface area (Å²) in [5.74, 6) is -0.0820. The Labute approximate surface area is 168 Å². The summed E-state index contributed by atoms with van der Waals surface area (Å²) in [4.78, 5) is 30.3. The van der Waals surface area contributed by atoms with E-state index < -0.39 is 6.03 Å². The number of nitrogens with one attached hydrogen (secondary N) is 2. The molecule has 3 amide bonds. The van der Waals surface area contributed by atoms with Crippen molar-refractivity contribution in [3.05, 3.63) is 46.1 Å². The number of urea groups is 1. The average molecular weight is 413 g/mol. The Morgan fingerprint density at radius 2 is 1.81 bits per heavy atom. The Morgan fingerprint density at radius 1 is 1.19 bits per heavy atom. The lowest BCUT2D eigenvalue weighted by molar-refractivity contribution is 0.0938. The molecule has 27 heavy (non-hydrogen) atoms. The van der Waals surface area contributed by atoms with Gasteiger partial charge in [-0.1, -0.05) is 29.3 Å². The van der Waals surface area contributed by atoms with E-state index in [2.05, 4.69) is 15.6 Å². The highest BCUT2D eigenvalue weighted by atomic mass is 35.5. The van der Waals surface area contributed by atoms with E-state index in [1.165, 1.54) is 11.2 Å². The molecule has 2 rings (SSSR count). The van der Waals surface area contributed by atoms with Crippen molar-refractivity contribution in [2.24, 2.45) is 0 Å². The van der Waals surface area contributed by atoms with Gasteiger partial charge < -0.3 is 20.0 Å². The van der Waals surface area contributed by atoms with Gasteiger partial charge in [0.15, 0.2) is 5.69 Å². The summed E-state index contributed by atoms with van der Waals surface area (Å²) in [5.41, 5.74) is 0.498. The van der Waals surface area contributed by atoms with Gasteiger partial charge in [0, 0.05) is 12.1 Å². The van der Waals surface area contributed by atoms with E-state index in [0.717, 1.165) is 0 Å². The summed E-state index contributed by atoms with van der Waals surface area (Å²) in [5, 5.41) is 6.12. The maximum Gasteiger partial charge on any atom is 0.322 e. The first-order valence-electron chi connectivity index (χ1n) is 8.46.